The SMILES string of the molecule is CC1(C)CN([C@H](CNCc2ncc[nH]2)c2ccc(Cl)cc2)CCO1. The number of aromatic amines is 1. The van der Waals surface area contributed by atoms with Crippen molar-refractivity contribution in [3.8, 4) is 0 Å². The Morgan fingerprint density at radius 2 is 2.17 bits per heavy atom. The van der Waals surface area contributed by atoms with Gasteiger partial charge in [0.2, 0.25) is 0 Å². The number of benzene rings is 1. The van der Waals surface area contributed by atoms with Gasteiger partial charge < -0.3 is 15.0 Å². The maximum atomic E-state index is 6.06. The predicted molar refractivity (Wildman–Crippen MR) is 96.1 cm³/mol. The van der Waals surface area contributed by atoms with Crippen molar-refractivity contribution in [3.63, 3.8) is 0 Å². The average Bonchev–Trinajstić information content (AvgIpc) is 3.05. The maximum Gasteiger partial charge on any atom is 0.120 e. The lowest BCUT2D eigenvalue weighted by Gasteiger charge is -2.42. The molecule has 2 N–H and O–H groups in total. The normalized spacial score (nSPS) is 19.3. The van der Waals surface area contributed by atoms with E-state index < -0.39 is 0 Å². The van der Waals surface area contributed by atoms with E-state index in [9.17, 15) is 0 Å². The Kier molecular flexibility index (Phi) is 5.56. The van der Waals surface area contributed by atoms with E-state index in [0.29, 0.717) is 0 Å². The number of imidazole rings is 1. The molecule has 2 aromatic rings. The molecule has 5 nitrogen and oxygen atoms in total. The first-order valence-electron chi connectivity index (χ1n) is 8.36. The second-order valence-corrected chi connectivity index (χ2v) is 7.25. The number of rotatable bonds is 6. The van der Waals surface area contributed by atoms with E-state index in [2.05, 4.69) is 46.2 Å². The first-order valence-corrected chi connectivity index (χ1v) is 8.74. The summed E-state index contributed by atoms with van der Waals surface area (Å²) in [6.45, 7) is 8.46. The van der Waals surface area contributed by atoms with Crippen LogP contribution in [0, 0.1) is 0 Å². The number of morpholine rings is 1. The first kappa shape index (κ1) is 17.4. The summed E-state index contributed by atoms with van der Waals surface area (Å²) >= 11 is 6.06. The molecule has 0 bridgehead atoms. The van der Waals surface area contributed by atoms with E-state index in [1.807, 2.05) is 18.3 Å². The maximum absolute atomic E-state index is 6.06. The Morgan fingerprint density at radius 3 is 2.83 bits per heavy atom. The van der Waals surface area contributed by atoms with Gasteiger partial charge in [-0.3, -0.25) is 4.90 Å². The van der Waals surface area contributed by atoms with Crippen molar-refractivity contribution in [3.05, 3.63) is 53.1 Å². The van der Waals surface area contributed by atoms with Gasteiger partial charge in [-0.15, -0.1) is 0 Å². The number of H-pyrrole nitrogens is 1. The number of nitrogens with zero attached hydrogens (tertiary/aromatic N) is 2. The summed E-state index contributed by atoms with van der Waals surface area (Å²) in [4.78, 5) is 9.88. The van der Waals surface area contributed by atoms with E-state index in [4.69, 9.17) is 16.3 Å². The van der Waals surface area contributed by atoms with E-state index in [0.717, 1.165) is 43.6 Å². The summed E-state index contributed by atoms with van der Waals surface area (Å²) in [5, 5.41) is 4.28. The van der Waals surface area contributed by atoms with Crippen LogP contribution in [0.15, 0.2) is 36.7 Å². The minimum atomic E-state index is -0.121. The fourth-order valence-electron chi connectivity index (χ4n) is 3.18. The number of ether oxygens (including phenoxy) is 1. The van der Waals surface area contributed by atoms with Crippen LogP contribution in [0.4, 0.5) is 0 Å². The van der Waals surface area contributed by atoms with Crippen molar-refractivity contribution in [2.45, 2.75) is 32.0 Å². The fourth-order valence-corrected chi connectivity index (χ4v) is 3.31. The Bertz CT molecular complexity index is 627. The van der Waals surface area contributed by atoms with Gasteiger partial charge in [-0.05, 0) is 31.5 Å². The zero-order valence-corrected chi connectivity index (χ0v) is 15.0. The highest BCUT2D eigenvalue weighted by Gasteiger charge is 2.31. The molecule has 2 heterocycles. The molecule has 1 aliphatic rings. The summed E-state index contributed by atoms with van der Waals surface area (Å²) in [6.07, 6.45) is 3.62. The lowest BCUT2D eigenvalue weighted by molar-refractivity contribution is -0.0974. The van der Waals surface area contributed by atoms with Crippen LogP contribution in [0.3, 0.4) is 0 Å². The van der Waals surface area contributed by atoms with Crippen molar-refractivity contribution < 1.29 is 4.74 Å². The molecule has 0 saturated carbocycles. The third kappa shape index (κ3) is 4.57. The molecule has 0 unspecified atom stereocenters. The van der Waals surface area contributed by atoms with Crippen LogP contribution < -0.4 is 5.32 Å². The molecular weight excluding hydrogens is 324 g/mol. The molecule has 24 heavy (non-hydrogen) atoms. The van der Waals surface area contributed by atoms with Crippen LogP contribution in [0.2, 0.25) is 5.02 Å². The van der Waals surface area contributed by atoms with Crippen molar-refractivity contribution in [1.82, 2.24) is 20.2 Å². The van der Waals surface area contributed by atoms with Crippen LogP contribution in [0.25, 0.3) is 0 Å². The quantitative estimate of drug-likeness (QED) is 0.842. The Hall–Kier alpha value is -1.40. The van der Waals surface area contributed by atoms with Crippen molar-refractivity contribution >= 4 is 11.6 Å². The molecular formula is C18H25ClN4O. The third-order valence-corrected chi connectivity index (χ3v) is 4.59. The molecule has 1 aromatic carbocycles. The molecule has 130 valence electrons. The summed E-state index contributed by atoms with van der Waals surface area (Å²) in [5.41, 5.74) is 1.15. The zero-order valence-electron chi connectivity index (χ0n) is 14.3. The molecule has 1 saturated heterocycles. The molecule has 0 aliphatic carbocycles. The van der Waals surface area contributed by atoms with Gasteiger partial charge in [-0.1, -0.05) is 23.7 Å². The molecule has 3 rings (SSSR count). The molecule has 1 aromatic heterocycles. The summed E-state index contributed by atoms with van der Waals surface area (Å²) < 4.78 is 5.87. The average molecular weight is 349 g/mol. The Morgan fingerprint density at radius 1 is 1.38 bits per heavy atom. The lowest BCUT2D eigenvalue weighted by Crippen LogP contribution is -2.51. The number of nitrogens with one attached hydrogen (secondary N) is 2. The van der Waals surface area contributed by atoms with E-state index in [1.165, 1.54) is 5.56 Å². The van der Waals surface area contributed by atoms with E-state index in [-0.39, 0.29) is 11.6 Å². The van der Waals surface area contributed by atoms with Crippen molar-refractivity contribution in [1.29, 1.82) is 0 Å². The molecule has 0 amide bonds. The van der Waals surface area contributed by atoms with Gasteiger partial charge >= 0.3 is 0 Å². The summed E-state index contributed by atoms with van der Waals surface area (Å²) in [6, 6.07) is 8.43. The van der Waals surface area contributed by atoms with E-state index in [1.54, 1.807) is 6.20 Å². The molecule has 0 radical (unpaired) electrons. The minimum absolute atomic E-state index is 0.121. The fraction of sp³-hybridized carbons (Fsp3) is 0.500. The van der Waals surface area contributed by atoms with Gasteiger partial charge in [0, 0.05) is 43.1 Å². The number of halogens is 1. The largest absolute Gasteiger partial charge is 0.373 e. The van der Waals surface area contributed by atoms with Gasteiger partial charge in [0.25, 0.3) is 0 Å². The molecule has 1 aliphatic heterocycles. The number of hydrogen-bond acceptors (Lipinski definition) is 4. The van der Waals surface area contributed by atoms with Crippen LogP contribution >= 0.6 is 11.6 Å². The minimum Gasteiger partial charge on any atom is -0.373 e. The first-order chi connectivity index (χ1) is 11.5. The highest BCUT2D eigenvalue weighted by molar-refractivity contribution is 6.30. The predicted octanol–water partition coefficient (Wildman–Crippen LogP) is 3.00. The zero-order chi connectivity index (χ0) is 17.0. The second-order valence-electron chi connectivity index (χ2n) is 6.81. The van der Waals surface area contributed by atoms with Crippen molar-refractivity contribution in [2.24, 2.45) is 0 Å². The standard InChI is InChI=1S/C18H25ClN4O/c1-18(2)13-23(9-10-24-18)16(14-3-5-15(19)6-4-14)11-20-12-17-21-7-8-22-17/h3-8,16,20H,9-13H2,1-2H3,(H,21,22)/t16-/m1/s1. The van der Waals surface area contributed by atoms with Gasteiger partial charge in [0.05, 0.1) is 18.8 Å². The smallest absolute Gasteiger partial charge is 0.120 e. The van der Waals surface area contributed by atoms with Gasteiger partial charge in [-0.2, -0.15) is 0 Å². The highest BCUT2D eigenvalue weighted by Crippen LogP contribution is 2.27. The summed E-state index contributed by atoms with van der Waals surface area (Å²) in [5.74, 6) is 0.951. The molecule has 1 atom stereocenters. The van der Waals surface area contributed by atoms with Gasteiger partial charge in [0.1, 0.15) is 5.82 Å². The Balaban J connectivity index is 1.71. The molecule has 0 spiro atoms. The van der Waals surface area contributed by atoms with Gasteiger partial charge in [-0.25, -0.2) is 4.98 Å². The van der Waals surface area contributed by atoms with E-state index >= 15 is 0 Å². The van der Waals surface area contributed by atoms with Crippen LogP contribution in [-0.4, -0.2) is 46.7 Å². The second kappa shape index (κ2) is 7.66. The highest BCUT2D eigenvalue weighted by atomic mass is 35.5. The van der Waals surface area contributed by atoms with Crippen LogP contribution in [-0.2, 0) is 11.3 Å². The lowest BCUT2D eigenvalue weighted by atomic mass is 10.0. The monoisotopic (exact) mass is 348 g/mol. The molecule has 6 heteroatoms. The third-order valence-electron chi connectivity index (χ3n) is 4.34. The topological polar surface area (TPSA) is 53.2 Å². The molecule has 1 fully saturated rings. The van der Waals surface area contributed by atoms with Gasteiger partial charge in [0.15, 0.2) is 0 Å². The number of aromatic nitrogens is 2. The van der Waals surface area contributed by atoms with Crippen molar-refractivity contribution in [2.75, 3.05) is 26.2 Å². The summed E-state index contributed by atoms with van der Waals surface area (Å²) in [7, 11) is 0. The Labute approximate surface area is 148 Å². The van der Waals surface area contributed by atoms with Crippen LogP contribution in [0.1, 0.15) is 31.3 Å². The number of hydrogen-bond donors (Lipinski definition) is 2. The van der Waals surface area contributed by atoms with Crippen LogP contribution in [0.5, 0.6) is 0 Å².